The quantitative estimate of drug-likeness (QED) is 0.786. The van der Waals surface area contributed by atoms with Crippen molar-refractivity contribution in [2.75, 3.05) is 13.1 Å². The summed E-state index contributed by atoms with van der Waals surface area (Å²) in [5.74, 6) is -0.910. The van der Waals surface area contributed by atoms with Gasteiger partial charge in [0.25, 0.3) is 0 Å². The minimum absolute atomic E-state index is 0.402. The van der Waals surface area contributed by atoms with E-state index in [1.165, 1.54) is 0 Å². The van der Waals surface area contributed by atoms with E-state index in [-0.39, 0.29) is 0 Å². The number of aryl methyl sites for hydroxylation is 1. The van der Waals surface area contributed by atoms with Gasteiger partial charge in [-0.3, -0.25) is 14.4 Å². The van der Waals surface area contributed by atoms with E-state index in [1.54, 1.807) is 6.20 Å². The minimum atomic E-state index is -1.09. The van der Waals surface area contributed by atoms with Crippen LogP contribution < -0.4 is 5.73 Å². The molecule has 0 aliphatic carbocycles. The summed E-state index contributed by atoms with van der Waals surface area (Å²) in [6.45, 7) is 4.84. The van der Waals surface area contributed by atoms with Gasteiger partial charge in [0, 0.05) is 32.4 Å². The fraction of sp³-hybridized carbons (Fsp3) is 0.667. The van der Waals surface area contributed by atoms with Crippen LogP contribution in [0.25, 0.3) is 0 Å². The zero-order chi connectivity index (χ0) is 13.2. The monoisotopic (exact) mass is 252 g/mol. The van der Waals surface area contributed by atoms with E-state index >= 15 is 0 Å². The molecule has 18 heavy (non-hydrogen) atoms. The second-order valence-electron chi connectivity index (χ2n) is 4.97. The first kappa shape index (κ1) is 13.0. The van der Waals surface area contributed by atoms with Crippen molar-refractivity contribution in [1.82, 2.24) is 14.7 Å². The van der Waals surface area contributed by atoms with Crippen molar-refractivity contribution in [3.05, 3.63) is 18.0 Å². The third kappa shape index (κ3) is 2.54. The Kier molecular flexibility index (Phi) is 3.68. The maximum atomic E-state index is 11.1. The largest absolute Gasteiger partial charge is 0.480 e. The molecule has 1 unspecified atom stereocenters. The lowest BCUT2D eigenvalue weighted by Gasteiger charge is -2.20. The molecule has 0 amide bonds. The molecule has 1 saturated heterocycles. The number of likely N-dealkylation sites (tertiary alicyclic amines) is 1. The van der Waals surface area contributed by atoms with Crippen LogP contribution in [0.4, 0.5) is 0 Å². The normalized spacial score (nSPS) is 24.6. The SMILES string of the molecule is CCCn1nccc1CN1CCC(N)(C(=O)O)C1. The molecule has 2 heterocycles. The number of nitrogens with zero attached hydrogens (tertiary/aromatic N) is 3. The standard InChI is InChI=1S/C12H20N4O2/c1-2-6-16-10(3-5-14-16)8-15-7-4-12(13,9-15)11(17)18/h3,5H,2,4,6-9,13H2,1H3,(H,17,18). The Bertz CT molecular complexity index is 431. The molecule has 6 nitrogen and oxygen atoms in total. The fourth-order valence-electron chi connectivity index (χ4n) is 2.36. The van der Waals surface area contributed by atoms with Crippen molar-refractivity contribution in [1.29, 1.82) is 0 Å². The number of hydrogen-bond acceptors (Lipinski definition) is 4. The fourth-order valence-corrected chi connectivity index (χ4v) is 2.36. The summed E-state index contributed by atoms with van der Waals surface area (Å²) in [6.07, 6.45) is 3.32. The Morgan fingerprint density at radius 1 is 1.67 bits per heavy atom. The third-order valence-electron chi connectivity index (χ3n) is 3.43. The summed E-state index contributed by atoms with van der Waals surface area (Å²) in [5, 5.41) is 13.3. The summed E-state index contributed by atoms with van der Waals surface area (Å²) < 4.78 is 1.97. The molecule has 3 N–H and O–H groups in total. The van der Waals surface area contributed by atoms with Crippen LogP contribution in [0, 0.1) is 0 Å². The number of carbonyl (C=O) groups is 1. The van der Waals surface area contributed by atoms with Crippen molar-refractivity contribution in [3.63, 3.8) is 0 Å². The first-order chi connectivity index (χ1) is 8.55. The smallest absolute Gasteiger partial charge is 0.325 e. The summed E-state index contributed by atoms with van der Waals surface area (Å²) in [4.78, 5) is 13.2. The Morgan fingerprint density at radius 2 is 2.44 bits per heavy atom. The van der Waals surface area contributed by atoms with Crippen LogP contribution >= 0.6 is 0 Å². The molecule has 0 spiro atoms. The van der Waals surface area contributed by atoms with Crippen LogP contribution in [0.5, 0.6) is 0 Å². The molecule has 100 valence electrons. The van der Waals surface area contributed by atoms with E-state index in [9.17, 15) is 4.79 Å². The third-order valence-corrected chi connectivity index (χ3v) is 3.43. The van der Waals surface area contributed by atoms with Gasteiger partial charge in [0.15, 0.2) is 0 Å². The van der Waals surface area contributed by atoms with Crippen LogP contribution in [0.2, 0.25) is 0 Å². The Balaban J connectivity index is 1.99. The molecule has 0 bridgehead atoms. The average Bonchev–Trinajstić information content (AvgIpc) is 2.89. The Labute approximate surface area is 106 Å². The van der Waals surface area contributed by atoms with Gasteiger partial charge < -0.3 is 10.8 Å². The van der Waals surface area contributed by atoms with E-state index in [0.717, 1.165) is 25.2 Å². The van der Waals surface area contributed by atoms with E-state index < -0.39 is 11.5 Å². The van der Waals surface area contributed by atoms with Gasteiger partial charge in [-0.25, -0.2) is 0 Å². The zero-order valence-corrected chi connectivity index (χ0v) is 10.7. The summed E-state index contributed by atoms with van der Waals surface area (Å²) in [7, 11) is 0. The topological polar surface area (TPSA) is 84.4 Å². The molecule has 1 aromatic rings. The van der Waals surface area contributed by atoms with Crippen molar-refractivity contribution in [3.8, 4) is 0 Å². The molecule has 1 fully saturated rings. The van der Waals surface area contributed by atoms with Gasteiger partial charge in [0.05, 0.1) is 5.69 Å². The van der Waals surface area contributed by atoms with E-state index in [0.29, 0.717) is 19.5 Å². The molecular weight excluding hydrogens is 232 g/mol. The highest BCUT2D eigenvalue weighted by molar-refractivity contribution is 5.79. The van der Waals surface area contributed by atoms with Gasteiger partial charge in [-0.15, -0.1) is 0 Å². The van der Waals surface area contributed by atoms with Crippen molar-refractivity contribution >= 4 is 5.97 Å². The number of rotatable bonds is 5. The van der Waals surface area contributed by atoms with Crippen LogP contribution in [0.15, 0.2) is 12.3 Å². The molecule has 1 aliphatic heterocycles. The first-order valence-corrected chi connectivity index (χ1v) is 6.30. The van der Waals surface area contributed by atoms with Gasteiger partial charge in [0.2, 0.25) is 0 Å². The number of carboxylic acid groups (broad SMARTS) is 1. The lowest BCUT2D eigenvalue weighted by molar-refractivity contribution is -0.142. The van der Waals surface area contributed by atoms with Gasteiger partial charge in [-0.2, -0.15) is 5.10 Å². The van der Waals surface area contributed by atoms with Crippen LogP contribution in [0.1, 0.15) is 25.5 Å². The highest BCUT2D eigenvalue weighted by Gasteiger charge is 2.41. The molecule has 2 rings (SSSR count). The number of nitrogens with two attached hydrogens (primary N) is 1. The lowest BCUT2D eigenvalue weighted by Crippen LogP contribution is -2.50. The Morgan fingerprint density at radius 3 is 3.06 bits per heavy atom. The van der Waals surface area contributed by atoms with Gasteiger partial charge >= 0.3 is 5.97 Å². The maximum absolute atomic E-state index is 11.1. The second kappa shape index (κ2) is 5.07. The predicted molar refractivity (Wildman–Crippen MR) is 67.0 cm³/mol. The van der Waals surface area contributed by atoms with Gasteiger partial charge in [0.1, 0.15) is 5.54 Å². The first-order valence-electron chi connectivity index (χ1n) is 6.30. The summed E-state index contributed by atoms with van der Waals surface area (Å²) >= 11 is 0. The van der Waals surface area contributed by atoms with Crippen molar-refractivity contribution < 1.29 is 9.90 Å². The van der Waals surface area contributed by atoms with Crippen LogP contribution in [-0.2, 0) is 17.9 Å². The highest BCUT2D eigenvalue weighted by Crippen LogP contribution is 2.21. The van der Waals surface area contributed by atoms with E-state index in [1.807, 2.05) is 10.7 Å². The second-order valence-corrected chi connectivity index (χ2v) is 4.97. The number of aromatic nitrogens is 2. The molecule has 1 aromatic heterocycles. The zero-order valence-electron chi connectivity index (χ0n) is 10.7. The molecular formula is C12H20N4O2. The van der Waals surface area contributed by atoms with Gasteiger partial charge in [-0.05, 0) is 18.9 Å². The minimum Gasteiger partial charge on any atom is -0.480 e. The molecule has 0 radical (unpaired) electrons. The average molecular weight is 252 g/mol. The predicted octanol–water partition coefficient (Wildman–Crippen LogP) is 0.281. The Hall–Kier alpha value is -1.40. The number of carboxylic acids is 1. The van der Waals surface area contributed by atoms with Crippen LogP contribution in [0.3, 0.4) is 0 Å². The van der Waals surface area contributed by atoms with E-state index in [4.69, 9.17) is 10.8 Å². The number of aliphatic carboxylic acids is 1. The summed E-state index contributed by atoms with van der Waals surface area (Å²) in [6, 6.07) is 1.98. The van der Waals surface area contributed by atoms with Crippen molar-refractivity contribution in [2.24, 2.45) is 5.73 Å². The molecule has 6 heteroatoms. The lowest BCUT2D eigenvalue weighted by atomic mass is 10.0. The summed E-state index contributed by atoms with van der Waals surface area (Å²) in [5.41, 5.74) is 5.88. The molecule has 0 aromatic carbocycles. The van der Waals surface area contributed by atoms with E-state index in [2.05, 4.69) is 16.9 Å². The van der Waals surface area contributed by atoms with Gasteiger partial charge in [-0.1, -0.05) is 6.92 Å². The van der Waals surface area contributed by atoms with Crippen LogP contribution in [-0.4, -0.2) is 44.4 Å². The highest BCUT2D eigenvalue weighted by atomic mass is 16.4. The maximum Gasteiger partial charge on any atom is 0.325 e. The van der Waals surface area contributed by atoms with Crippen molar-refractivity contribution in [2.45, 2.75) is 38.4 Å². The molecule has 0 saturated carbocycles. The number of hydrogen-bond donors (Lipinski definition) is 2. The molecule has 1 aliphatic rings. The molecule has 1 atom stereocenters.